The number of hydrogen-bond acceptors (Lipinski definition) is 3. The lowest BCUT2D eigenvalue weighted by atomic mass is 10.1. The first-order valence-electron chi connectivity index (χ1n) is 7.03. The Labute approximate surface area is 115 Å². The summed E-state index contributed by atoms with van der Waals surface area (Å²) in [7, 11) is 0. The van der Waals surface area contributed by atoms with Crippen molar-refractivity contribution in [2.75, 3.05) is 13.1 Å². The summed E-state index contributed by atoms with van der Waals surface area (Å²) in [5.74, 6) is 0. The maximum Gasteiger partial charge on any atom is 0.291 e. The van der Waals surface area contributed by atoms with E-state index >= 15 is 0 Å². The van der Waals surface area contributed by atoms with Crippen LogP contribution >= 0.6 is 0 Å². The molecule has 2 aromatic heterocycles. The molecule has 1 aliphatic heterocycles. The van der Waals surface area contributed by atoms with Gasteiger partial charge in [-0.3, -0.25) is 4.79 Å². The Hall–Kier alpha value is -2.14. The number of nitrogens with one attached hydrogen (secondary N) is 2. The van der Waals surface area contributed by atoms with E-state index in [1.165, 1.54) is 0 Å². The average molecular weight is 268 g/mol. The lowest BCUT2D eigenvalue weighted by Gasteiger charge is -2.23. The molecule has 1 fully saturated rings. The highest BCUT2D eigenvalue weighted by molar-refractivity contribution is 6.06. The summed E-state index contributed by atoms with van der Waals surface area (Å²) in [6, 6.07) is 8.16. The molecule has 5 heteroatoms. The summed E-state index contributed by atoms with van der Waals surface area (Å²) in [6.45, 7) is 1.90. The van der Waals surface area contributed by atoms with Gasteiger partial charge < -0.3 is 10.3 Å². The van der Waals surface area contributed by atoms with Gasteiger partial charge in [0.05, 0.1) is 12.2 Å². The zero-order chi connectivity index (χ0) is 13.5. The predicted octanol–water partition coefficient (Wildman–Crippen LogP) is 1.80. The highest BCUT2D eigenvalue weighted by Gasteiger charge is 2.19. The molecule has 1 aliphatic rings. The smallest absolute Gasteiger partial charge is 0.291 e. The third kappa shape index (κ3) is 1.67. The zero-order valence-corrected chi connectivity index (χ0v) is 11.1. The monoisotopic (exact) mass is 268 g/mol. The lowest BCUT2D eigenvalue weighted by Crippen LogP contribution is -2.35. The van der Waals surface area contributed by atoms with Crippen LogP contribution in [0.25, 0.3) is 21.8 Å². The Kier molecular flexibility index (Phi) is 2.60. The minimum Gasteiger partial charge on any atom is -0.350 e. The van der Waals surface area contributed by atoms with Crippen molar-refractivity contribution >= 4 is 21.8 Å². The Balaban J connectivity index is 1.94. The molecule has 0 atom stereocenters. The standard InChI is InChI=1S/C15H16N4O/c20-15-14-12(11-3-1-2-4-13(11)18-14)9-17-19(15)10-5-7-16-8-6-10/h1-4,9-10,16,18H,5-8H2. The Morgan fingerprint density at radius 2 is 1.95 bits per heavy atom. The van der Waals surface area contributed by atoms with Gasteiger partial charge in [0.25, 0.3) is 5.56 Å². The van der Waals surface area contributed by atoms with Gasteiger partial charge in [0.2, 0.25) is 0 Å². The molecule has 1 aromatic carbocycles. The molecule has 0 bridgehead atoms. The molecule has 0 saturated carbocycles. The van der Waals surface area contributed by atoms with Crippen LogP contribution in [0.2, 0.25) is 0 Å². The van der Waals surface area contributed by atoms with Gasteiger partial charge in [0.1, 0.15) is 5.52 Å². The van der Waals surface area contributed by atoms with E-state index in [9.17, 15) is 4.79 Å². The summed E-state index contributed by atoms with van der Waals surface area (Å²) in [6.07, 6.45) is 3.73. The fourth-order valence-electron chi connectivity index (χ4n) is 3.06. The van der Waals surface area contributed by atoms with E-state index in [1.807, 2.05) is 30.5 Å². The normalized spacial score (nSPS) is 17.0. The Morgan fingerprint density at radius 1 is 1.15 bits per heavy atom. The van der Waals surface area contributed by atoms with Crippen LogP contribution in [0.1, 0.15) is 18.9 Å². The van der Waals surface area contributed by atoms with E-state index in [-0.39, 0.29) is 11.6 Å². The van der Waals surface area contributed by atoms with Gasteiger partial charge in [0.15, 0.2) is 0 Å². The molecule has 0 amide bonds. The van der Waals surface area contributed by atoms with Crippen LogP contribution in [0.15, 0.2) is 35.3 Å². The SMILES string of the molecule is O=c1c2[nH]c3ccccc3c2cnn1C1CCNCC1. The van der Waals surface area contributed by atoms with Gasteiger partial charge in [-0.15, -0.1) is 0 Å². The molecule has 20 heavy (non-hydrogen) atoms. The quantitative estimate of drug-likeness (QED) is 0.707. The minimum absolute atomic E-state index is 0.00870. The third-order valence-electron chi connectivity index (χ3n) is 4.13. The minimum atomic E-state index is -0.00870. The summed E-state index contributed by atoms with van der Waals surface area (Å²) in [4.78, 5) is 15.9. The average Bonchev–Trinajstić information content (AvgIpc) is 2.88. The topological polar surface area (TPSA) is 62.7 Å². The molecule has 1 saturated heterocycles. The van der Waals surface area contributed by atoms with Crippen LogP contribution in [0.3, 0.4) is 0 Å². The molecule has 0 unspecified atom stereocenters. The fraction of sp³-hybridized carbons (Fsp3) is 0.333. The second kappa shape index (κ2) is 4.45. The van der Waals surface area contributed by atoms with Crippen LogP contribution in [0, 0.1) is 0 Å². The predicted molar refractivity (Wildman–Crippen MR) is 79.0 cm³/mol. The molecular weight excluding hydrogens is 252 g/mol. The first-order chi connectivity index (χ1) is 9.84. The molecule has 0 radical (unpaired) electrons. The van der Waals surface area contributed by atoms with E-state index in [2.05, 4.69) is 15.4 Å². The third-order valence-corrected chi connectivity index (χ3v) is 4.13. The number of H-pyrrole nitrogens is 1. The van der Waals surface area contributed by atoms with Crippen molar-refractivity contribution in [3.63, 3.8) is 0 Å². The number of aromatic nitrogens is 3. The van der Waals surface area contributed by atoms with Gasteiger partial charge in [-0.25, -0.2) is 4.68 Å². The zero-order valence-electron chi connectivity index (χ0n) is 11.1. The maximum absolute atomic E-state index is 12.6. The number of aromatic amines is 1. The van der Waals surface area contributed by atoms with Crippen molar-refractivity contribution in [3.05, 3.63) is 40.8 Å². The molecule has 4 rings (SSSR count). The van der Waals surface area contributed by atoms with Crippen LogP contribution in [-0.4, -0.2) is 27.9 Å². The Morgan fingerprint density at radius 3 is 2.80 bits per heavy atom. The number of para-hydroxylation sites is 1. The molecule has 0 spiro atoms. The molecule has 3 aromatic rings. The summed E-state index contributed by atoms with van der Waals surface area (Å²) < 4.78 is 1.65. The van der Waals surface area contributed by atoms with Crippen molar-refractivity contribution in [1.29, 1.82) is 0 Å². The highest BCUT2D eigenvalue weighted by atomic mass is 16.1. The highest BCUT2D eigenvalue weighted by Crippen LogP contribution is 2.23. The second-order valence-corrected chi connectivity index (χ2v) is 5.33. The first-order valence-corrected chi connectivity index (χ1v) is 7.03. The lowest BCUT2D eigenvalue weighted by molar-refractivity contribution is 0.333. The van der Waals surface area contributed by atoms with E-state index in [4.69, 9.17) is 0 Å². The Bertz CT molecular complexity index is 827. The molecule has 5 nitrogen and oxygen atoms in total. The molecular formula is C15H16N4O. The maximum atomic E-state index is 12.6. The summed E-state index contributed by atoms with van der Waals surface area (Å²) in [5.41, 5.74) is 1.65. The largest absolute Gasteiger partial charge is 0.350 e. The second-order valence-electron chi connectivity index (χ2n) is 5.33. The van der Waals surface area contributed by atoms with Crippen molar-refractivity contribution < 1.29 is 0 Å². The van der Waals surface area contributed by atoms with Crippen LogP contribution in [0.4, 0.5) is 0 Å². The van der Waals surface area contributed by atoms with Crippen molar-refractivity contribution in [2.45, 2.75) is 18.9 Å². The number of nitrogens with zero attached hydrogens (tertiary/aromatic N) is 2. The van der Waals surface area contributed by atoms with Crippen LogP contribution in [-0.2, 0) is 0 Å². The number of benzene rings is 1. The molecule has 0 aliphatic carbocycles. The fourth-order valence-corrected chi connectivity index (χ4v) is 3.06. The number of fused-ring (bicyclic) bond motifs is 3. The first kappa shape index (κ1) is 11.7. The van der Waals surface area contributed by atoms with E-state index in [0.29, 0.717) is 5.52 Å². The number of rotatable bonds is 1. The van der Waals surface area contributed by atoms with Gasteiger partial charge in [0, 0.05) is 16.3 Å². The van der Waals surface area contributed by atoms with Crippen molar-refractivity contribution in [2.24, 2.45) is 0 Å². The molecule has 102 valence electrons. The van der Waals surface area contributed by atoms with Crippen LogP contribution in [0.5, 0.6) is 0 Å². The molecule has 3 heterocycles. The van der Waals surface area contributed by atoms with E-state index in [0.717, 1.165) is 42.2 Å². The number of piperidine rings is 1. The number of hydrogen-bond donors (Lipinski definition) is 2. The molecule has 2 N–H and O–H groups in total. The van der Waals surface area contributed by atoms with Gasteiger partial charge in [-0.1, -0.05) is 18.2 Å². The van der Waals surface area contributed by atoms with Gasteiger partial charge >= 0.3 is 0 Å². The van der Waals surface area contributed by atoms with E-state index < -0.39 is 0 Å². The summed E-state index contributed by atoms with van der Waals surface area (Å²) >= 11 is 0. The summed E-state index contributed by atoms with van der Waals surface area (Å²) in [5, 5.41) is 9.69. The van der Waals surface area contributed by atoms with Crippen molar-refractivity contribution in [3.8, 4) is 0 Å². The van der Waals surface area contributed by atoms with E-state index in [1.54, 1.807) is 4.68 Å². The van der Waals surface area contributed by atoms with Gasteiger partial charge in [-0.2, -0.15) is 5.10 Å². The van der Waals surface area contributed by atoms with Crippen LogP contribution < -0.4 is 10.9 Å². The van der Waals surface area contributed by atoms with Gasteiger partial charge in [-0.05, 0) is 32.0 Å². The van der Waals surface area contributed by atoms with Crippen molar-refractivity contribution in [1.82, 2.24) is 20.1 Å².